The minimum Gasteiger partial charge on any atom is -0.376 e. The lowest BCUT2D eigenvalue weighted by Gasteiger charge is -2.22. The predicted molar refractivity (Wildman–Crippen MR) is 67.9 cm³/mol. The van der Waals surface area contributed by atoms with E-state index in [0.29, 0.717) is 6.17 Å². The topological polar surface area (TPSA) is 43.3 Å². The van der Waals surface area contributed by atoms with E-state index in [0.717, 1.165) is 18.7 Å². The van der Waals surface area contributed by atoms with E-state index in [-0.39, 0.29) is 0 Å². The summed E-state index contributed by atoms with van der Waals surface area (Å²) in [6, 6.07) is 0. The van der Waals surface area contributed by atoms with Crippen molar-refractivity contribution in [2.45, 2.75) is 13.3 Å². The second kappa shape index (κ2) is 7.91. The van der Waals surface area contributed by atoms with Crippen LogP contribution >= 0.6 is 0 Å². The fraction of sp³-hybridized carbons (Fsp3) is 0.900. The van der Waals surface area contributed by atoms with Gasteiger partial charge in [-0.05, 0) is 27.4 Å². The van der Waals surface area contributed by atoms with E-state index in [1.165, 1.54) is 0 Å². The first-order chi connectivity index (χ1) is 7.49. The molecule has 5 nitrogen and oxygen atoms in total. The zero-order valence-electron chi connectivity index (χ0n) is 11.2. The molecule has 0 aromatic heterocycles. The minimum absolute atomic E-state index is 0.482. The van der Waals surface area contributed by atoms with E-state index < -0.39 is 8.80 Å². The van der Waals surface area contributed by atoms with Gasteiger partial charge in [0.2, 0.25) is 0 Å². The maximum Gasteiger partial charge on any atom is 0.522 e. The smallest absolute Gasteiger partial charge is 0.376 e. The summed E-state index contributed by atoms with van der Waals surface area (Å²) < 4.78 is 15.9. The molecule has 0 N–H and O–H groups in total. The lowest BCUT2D eigenvalue weighted by Crippen LogP contribution is -2.46. The van der Waals surface area contributed by atoms with Crippen LogP contribution in [0.3, 0.4) is 0 Å². The van der Waals surface area contributed by atoms with Gasteiger partial charge in [0.25, 0.3) is 0 Å². The largest absolute Gasteiger partial charge is 0.522 e. The zero-order chi connectivity index (χ0) is 12.6. The molecule has 0 fully saturated rings. The van der Waals surface area contributed by atoms with E-state index in [1.54, 1.807) is 21.3 Å². The third-order valence-corrected chi connectivity index (χ3v) is 4.81. The fourth-order valence-electron chi connectivity index (χ4n) is 1.14. The Labute approximate surface area is 99.8 Å². The number of hydrogen-bond acceptors (Lipinski definition) is 5. The molecule has 0 radical (unpaired) electrons. The highest BCUT2D eigenvalue weighted by Crippen LogP contribution is 2.06. The molecular formula is C10H24N2O3Si. The molecule has 0 aromatic rings. The lowest BCUT2D eigenvalue weighted by atomic mass is 10.3. The van der Waals surface area contributed by atoms with Crippen molar-refractivity contribution in [2.75, 3.05) is 48.1 Å². The van der Waals surface area contributed by atoms with Gasteiger partial charge in [0.05, 0.1) is 0 Å². The number of nitrogens with zero attached hydrogens (tertiary/aromatic N) is 2. The van der Waals surface area contributed by atoms with Crippen LogP contribution in [-0.2, 0) is 13.3 Å². The molecule has 0 rings (SSSR count). The monoisotopic (exact) mass is 248 g/mol. The molecule has 0 spiro atoms. The van der Waals surface area contributed by atoms with Gasteiger partial charge in [0.1, 0.15) is 6.17 Å². The third kappa shape index (κ3) is 5.71. The molecule has 0 heterocycles. The Morgan fingerprint density at radius 2 is 1.62 bits per heavy atom. The molecule has 0 aliphatic carbocycles. The molecule has 6 heteroatoms. The molecule has 0 aromatic carbocycles. The molecule has 0 saturated carbocycles. The molecule has 16 heavy (non-hydrogen) atoms. The molecular weight excluding hydrogens is 224 g/mol. The van der Waals surface area contributed by atoms with E-state index >= 15 is 0 Å². The van der Waals surface area contributed by atoms with Crippen molar-refractivity contribution in [1.29, 1.82) is 0 Å². The van der Waals surface area contributed by atoms with Gasteiger partial charge in [-0.2, -0.15) is 0 Å². The second-order valence-electron chi connectivity index (χ2n) is 3.90. The molecule has 0 atom stereocenters. The van der Waals surface area contributed by atoms with Crippen molar-refractivity contribution < 1.29 is 13.3 Å². The molecule has 0 saturated heterocycles. The molecule has 0 aliphatic heterocycles. The van der Waals surface area contributed by atoms with Crippen molar-refractivity contribution >= 4 is 14.5 Å². The van der Waals surface area contributed by atoms with Crippen LogP contribution in [0.5, 0.6) is 0 Å². The maximum atomic E-state index is 5.29. The van der Waals surface area contributed by atoms with Crippen molar-refractivity contribution in [3.05, 3.63) is 0 Å². The Morgan fingerprint density at radius 3 is 2.00 bits per heavy atom. The van der Waals surface area contributed by atoms with Crippen LogP contribution in [0, 0.1) is 0 Å². The fourth-order valence-corrected chi connectivity index (χ4v) is 2.49. The van der Waals surface area contributed by atoms with Crippen molar-refractivity contribution in [3.8, 4) is 0 Å². The number of aliphatic imine (C=N–C) groups is 1. The number of hydrogen-bond donors (Lipinski definition) is 0. The summed E-state index contributed by atoms with van der Waals surface area (Å²) in [7, 11) is 6.36. The first-order valence-corrected chi connectivity index (χ1v) is 7.23. The van der Waals surface area contributed by atoms with Gasteiger partial charge in [-0.3, -0.25) is 4.99 Å². The predicted octanol–water partition coefficient (Wildman–Crippen LogP) is 0.816. The molecule has 0 bridgehead atoms. The van der Waals surface area contributed by atoms with Gasteiger partial charge in [-0.15, -0.1) is 0 Å². The normalized spacial score (nSPS) is 13.6. The summed E-state index contributed by atoms with van der Waals surface area (Å²) >= 11 is 0. The first-order valence-electron chi connectivity index (χ1n) is 5.29. The standard InChI is InChI=1S/C10H24N2O3Si/c1-10(7-8-12(2)3)11-9-16(13-4,14-5)15-6/h7-9H2,1-6H3. The minimum atomic E-state index is -2.54. The molecule has 0 aliphatic rings. The summed E-state index contributed by atoms with van der Waals surface area (Å²) in [4.78, 5) is 6.59. The van der Waals surface area contributed by atoms with Gasteiger partial charge < -0.3 is 18.2 Å². The van der Waals surface area contributed by atoms with Crippen LogP contribution in [0.15, 0.2) is 4.99 Å². The Kier molecular flexibility index (Phi) is 7.78. The SMILES string of the molecule is CO[Si](CN=C(C)CCN(C)C)(OC)OC. The van der Waals surface area contributed by atoms with Crippen molar-refractivity contribution in [1.82, 2.24) is 4.90 Å². The Balaban J connectivity index is 4.21. The second-order valence-corrected chi connectivity index (χ2v) is 6.81. The third-order valence-electron chi connectivity index (χ3n) is 2.40. The molecule has 96 valence electrons. The van der Waals surface area contributed by atoms with Gasteiger partial charge in [-0.25, -0.2) is 0 Å². The van der Waals surface area contributed by atoms with Gasteiger partial charge in [0, 0.05) is 33.6 Å². The summed E-state index contributed by atoms with van der Waals surface area (Å²) in [6.45, 7) is 3.01. The summed E-state index contributed by atoms with van der Waals surface area (Å²) in [5.41, 5.74) is 1.09. The summed E-state index contributed by atoms with van der Waals surface area (Å²) in [5, 5.41) is 0. The Hall–Kier alpha value is -0.273. The van der Waals surface area contributed by atoms with E-state index in [4.69, 9.17) is 13.3 Å². The highest BCUT2D eigenvalue weighted by Gasteiger charge is 2.37. The van der Waals surface area contributed by atoms with Crippen molar-refractivity contribution in [2.24, 2.45) is 4.99 Å². The quantitative estimate of drug-likeness (QED) is 0.471. The van der Waals surface area contributed by atoms with Crippen LogP contribution in [0.2, 0.25) is 0 Å². The zero-order valence-corrected chi connectivity index (χ0v) is 12.2. The van der Waals surface area contributed by atoms with Crippen LogP contribution in [0.1, 0.15) is 13.3 Å². The van der Waals surface area contributed by atoms with Crippen molar-refractivity contribution in [3.63, 3.8) is 0 Å². The Morgan fingerprint density at radius 1 is 1.12 bits per heavy atom. The van der Waals surface area contributed by atoms with E-state index in [9.17, 15) is 0 Å². The summed E-state index contributed by atoms with van der Waals surface area (Å²) in [6.07, 6.45) is 1.43. The first kappa shape index (κ1) is 15.7. The molecule has 0 unspecified atom stereocenters. The van der Waals surface area contributed by atoms with E-state index in [2.05, 4.69) is 9.89 Å². The maximum absolute atomic E-state index is 5.29. The van der Waals surface area contributed by atoms with Crippen LogP contribution in [0.4, 0.5) is 0 Å². The van der Waals surface area contributed by atoms with Gasteiger partial charge in [-0.1, -0.05) is 0 Å². The average molecular weight is 248 g/mol. The van der Waals surface area contributed by atoms with Gasteiger partial charge in [0.15, 0.2) is 0 Å². The highest BCUT2D eigenvalue weighted by molar-refractivity contribution is 6.61. The van der Waals surface area contributed by atoms with Crippen LogP contribution < -0.4 is 0 Å². The van der Waals surface area contributed by atoms with Gasteiger partial charge >= 0.3 is 8.80 Å². The lowest BCUT2D eigenvalue weighted by molar-refractivity contribution is 0.125. The Bertz CT molecular complexity index is 210. The number of rotatable bonds is 8. The average Bonchev–Trinajstić information content (AvgIpc) is 2.29. The highest BCUT2D eigenvalue weighted by atomic mass is 28.4. The summed E-state index contributed by atoms with van der Waals surface area (Å²) in [5.74, 6) is 0. The van der Waals surface area contributed by atoms with Crippen LogP contribution in [0.25, 0.3) is 0 Å². The molecule has 0 amide bonds. The van der Waals surface area contributed by atoms with E-state index in [1.807, 2.05) is 21.0 Å². The van der Waals surface area contributed by atoms with Crippen LogP contribution in [-0.4, -0.2) is 67.6 Å².